The summed E-state index contributed by atoms with van der Waals surface area (Å²) in [6.45, 7) is 0.780. The Bertz CT molecular complexity index is 1160. The zero-order valence-corrected chi connectivity index (χ0v) is 15.2. The second-order valence-corrected chi connectivity index (χ2v) is 7.06. The van der Waals surface area contributed by atoms with Crippen molar-refractivity contribution in [1.29, 1.82) is 0 Å². The molecule has 1 aliphatic rings. The van der Waals surface area contributed by atoms with Crippen LogP contribution >= 0.6 is 0 Å². The van der Waals surface area contributed by atoms with Gasteiger partial charge in [0.25, 0.3) is 0 Å². The van der Waals surface area contributed by atoms with Gasteiger partial charge in [-0.2, -0.15) is 5.10 Å². The molecule has 28 heavy (non-hydrogen) atoms. The van der Waals surface area contributed by atoms with Gasteiger partial charge in [-0.3, -0.25) is 9.67 Å². The lowest BCUT2D eigenvalue weighted by molar-refractivity contribution is 0.0200. The number of aromatic nitrogens is 5. The van der Waals surface area contributed by atoms with Crippen molar-refractivity contribution < 1.29 is 14.2 Å². The van der Waals surface area contributed by atoms with E-state index >= 15 is 0 Å². The molecule has 0 saturated carbocycles. The van der Waals surface area contributed by atoms with E-state index < -0.39 is 11.4 Å². The van der Waals surface area contributed by atoms with Crippen LogP contribution in [0.3, 0.4) is 0 Å². The van der Waals surface area contributed by atoms with E-state index in [9.17, 15) is 9.50 Å². The molecule has 0 radical (unpaired) electrons. The third kappa shape index (κ3) is 2.69. The maximum absolute atomic E-state index is 13.3. The van der Waals surface area contributed by atoms with Crippen molar-refractivity contribution in [3.63, 3.8) is 0 Å². The van der Waals surface area contributed by atoms with Crippen molar-refractivity contribution in [3.05, 3.63) is 54.4 Å². The maximum atomic E-state index is 13.3. The summed E-state index contributed by atoms with van der Waals surface area (Å²) in [6.07, 6.45) is 5.32. The summed E-state index contributed by atoms with van der Waals surface area (Å²) in [5.41, 5.74) is 3.33. The van der Waals surface area contributed by atoms with E-state index in [2.05, 4.69) is 20.1 Å². The van der Waals surface area contributed by atoms with E-state index in [1.54, 1.807) is 16.9 Å². The summed E-state index contributed by atoms with van der Waals surface area (Å²) in [5.74, 6) is -0.394. The van der Waals surface area contributed by atoms with Crippen LogP contribution in [0, 0.1) is 5.82 Å². The smallest absolute Gasteiger partial charge is 0.141 e. The molecular formula is C20H18FN5O2. The molecule has 142 valence electrons. The summed E-state index contributed by atoms with van der Waals surface area (Å²) < 4.78 is 20.4. The number of aromatic amines is 1. The first-order chi connectivity index (χ1) is 13.5. The Balaban J connectivity index is 1.68. The lowest BCUT2D eigenvalue weighted by Gasteiger charge is -2.18. The van der Waals surface area contributed by atoms with Crippen molar-refractivity contribution in [3.8, 4) is 22.5 Å². The van der Waals surface area contributed by atoms with Crippen molar-refractivity contribution in [2.45, 2.75) is 12.0 Å². The average Bonchev–Trinajstić information content (AvgIpc) is 3.40. The van der Waals surface area contributed by atoms with Gasteiger partial charge in [0.1, 0.15) is 22.8 Å². The van der Waals surface area contributed by atoms with E-state index in [1.807, 2.05) is 25.4 Å². The first kappa shape index (κ1) is 17.0. The van der Waals surface area contributed by atoms with Gasteiger partial charge in [0.2, 0.25) is 0 Å². The average molecular weight is 379 g/mol. The first-order valence-corrected chi connectivity index (χ1v) is 8.98. The molecule has 0 amide bonds. The van der Waals surface area contributed by atoms with E-state index in [0.29, 0.717) is 35.8 Å². The van der Waals surface area contributed by atoms with E-state index in [1.165, 1.54) is 12.3 Å². The normalized spacial score (nSPS) is 19.5. The van der Waals surface area contributed by atoms with Crippen LogP contribution in [0.25, 0.3) is 33.5 Å². The molecule has 0 spiro atoms. The molecule has 1 saturated heterocycles. The van der Waals surface area contributed by atoms with E-state index in [4.69, 9.17) is 4.74 Å². The number of nitrogens with zero attached hydrogens (tertiary/aromatic N) is 4. The molecule has 2 N–H and O–H groups in total. The van der Waals surface area contributed by atoms with Crippen molar-refractivity contribution in [2.75, 3.05) is 13.2 Å². The van der Waals surface area contributed by atoms with Gasteiger partial charge in [0, 0.05) is 43.4 Å². The highest BCUT2D eigenvalue weighted by atomic mass is 19.1. The van der Waals surface area contributed by atoms with Gasteiger partial charge in [0.15, 0.2) is 0 Å². The fraction of sp³-hybridized carbons (Fsp3) is 0.250. The number of rotatable bonds is 3. The predicted octanol–water partition coefficient (Wildman–Crippen LogP) is 2.77. The maximum Gasteiger partial charge on any atom is 0.141 e. The third-order valence-corrected chi connectivity index (χ3v) is 5.12. The first-order valence-electron chi connectivity index (χ1n) is 8.98. The van der Waals surface area contributed by atoms with Crippen molar-refractivity contribution >= 4 is 11.0 Å². The Hall–Kier alpha value is -3.10. The summed E-state index contributed by atoms with van der Waals surface area (Å²) in [4.78, 5) is 11.8. The zero-order valence-electron chi connectivity index (χ0n) is 15.2. The lowest BCUT2D eigenvalue weighted by atomic mass is 9.98. The second-order valence-electron chi connectivity index (χ2n) is 7.06. The highest BCUT2D eigenvalue weighted by molar-refractivity contribution is 5.97. The number of halogens is 1. The summed E-state index contributed by atoms with van der Waals surface area (Å²) in [5, 5.41) is 16.2. The number of hydrogen-bond donors (Lipinski definition) is 2. The van der Waals surface area contributed by atoms with Crippen LogP contribution in [0.15, 0.2) is 42.9 Å². The van der Waals surface area contributed by atoms with Gasteiger partial charge in [-0.1, -0.05) is 0 Å². The third-order valence-electron chi connectivity index (χ3n) is 5.12. The molecule has 1 aliphatic heterocycles. The minimum absolute atomic E-state index is 0.257. The number of H-pyrrole nitrogens is 1. The molecule has 0 bridgehead atoms. The van der Waals surface area contributed by atoms with Gasteiger partial charge in [0.05, 0.1) is 24.2 Å². The van der Waals surface area contributed by atoms with E-state index in [0.717, 1.165) is 16.5 Å². The highest BCUT2D eigenvalue weighted by Crippen LogP contribution is 2.37. The van der Waals surface area contributed by atoms with Crippen LogP contribution in [0.5, 0.6) is 0 Å². The number of pyridine rings is 2. The Morgan fingerprint density at radius 1 is 1.25 bits per heavy atom. The number of aliphatic hydroxyl groups is 1. The number of fused-ring (bicyclic) bond motifs is 1. The Morgan fingerprint density at radius 2 is 2.14 bits per heavy atom. The molecule has 5 heterocycles. The fourth-order valence-corrected chi connectivity index (χ4v) is 3.67. The van der Waals surface area contributed by atoms with Gasteiger partial charge >= 0.3 is 0 Å². The Kier molecular flexibility index (Phi) is 3.78. The molecule has 1 atom stereocenters. The largest absolute Gasteiger partial charge is 0.381 e. The molecular weight excluding hydrogens is 361 g/mol. The fourth-order valence-electron chi connectivity index (χ4n) is 3.67. The predicted molar refractivity (Wildman–Crippen MR) is 101 cm³/mol. The monoisotopic (exact) mass is 379 g/mol. The van der Waals surface area contributed by atoms with Crippen LogP contribution in [0.4, 0.5) is 4.39 Å². The molecule has 0 unspecified atom stereocenters. The minimum Gasteiger partial charge on any atom is -0.381 e. The van der Waals surface area contributed by atoms with Crippen molar-refractivity contribution in [2.24, 2.45) is 7.05 Å². The van der Waals surface area contributed by atoms with Gasteiger partial charge < -0.3 is 14.8 Å². The van der Waals surface area contributed by atoms with Crippen LogP contribution in [0.2, 0.25) is 0 Å². The lowest BCUT2D eigenvalue weighted by Crippen LogP contribution is -2.25. The molecule has 4 aromatic heterocycles. The van der Waals surface area contributed by atoms with Crippen LogP contribution in [-0.4, -0.2) is 43.1 Å². The molecule has 1 fully saturated rings. The standard InChI is InChI=1S/C20H18FN5O2/c1-26-10-15(18(25-26)16-3-2-12(21)9-23-16)13-4-6-22-19-14(13)8-17(24-19)20(27)5-7-28-11-20/h2-4,6,8-10,27H,5,7,11H2,1H3,(H,22,24)/t20-/m0/s1. The molecule has 4 aromatic rings. The van der Waals surface area contributed by atoms with E-state index in [-0.39, 0.29) is 6.61 Å². The molecule has 0 aliphatic carbocycles. The SMILES string of the molecule is Cn1cc(-c2ccnc3[nH]c([C@]4(O)CCOC4)cc23)c(-c2ccc(F)cn2)n1. The molecule has 0 aromatic carbocycles. The van der Waals surface area contributed by atoms with Crippen LogP contribution in [0.1, 0.15) is 12.1 Å². The number of ether oxygens (including phenoxy) is 1. The Morgan fingerprint density at radius 3 is 2.89 bits per heavy atom. The number of nitrogens with one attached hydrogen (secondary N) is 1. The van der Waals surface area contributed by atoms with Gasteiger partial charge in [-0.25, -0.2) is 9.37 Å². The van der Waals surface area contributed by atoms with Gasteiger partial charge in [-0.15, -0.1) is 0 Å². The summed E-state index contributed by atoms with van der Waals surface area (Å²) in [7, 11) is 1.83. The summed E-state index contributed by atoms with van der Waals surface area (Å²) in [6, 6.07) is 6.80. The minimum atomic E-state index is -1.03. The molecule has 5 rings (SSSR count). The van der Waals surface area contributed by atoms with Gasteiger partial charge in [-0.05, 0) is 29.8 Å². The number of hydrogen-bond acceptors (Lipinski definition) is 5. The molecule has 7 nitrogen and oxygen atoms in total. The van der Waals surface area contributed by atoms with Crippen LogP contribution in [-0.2, 0) is 17.4 Å². The highest BCUT2D eigenvalue weighted by Gasteiger charge is 2.36. The van der Waals surface area contributed by atoms with Crippen LogP contribution < -0.4 is 0 Å². The zero-order chi connectivity index (χ0) is 19.3. The summed E-state index contributed by atoms with van der Waals surface area (Å²) >= 11 is 0. The Labute approximate surface area is 159 Å². The molecule has 8 heteroatoms. The van der Waals surface area contributed by atoms with Crippen molar-refractivity contribution in [1.82, 2.24) is 24.7 Å². The quantitative estimate of drug-likeness (QED) is 0.571. The topological polar surface area (TPSA) is 88.9 Å². The number of aryl methyl sites for hydroxylation is 1. The second kappa shape index (κ2) is 6.22.